The predicted octanol–water partition coefficient (Wildman–Crippen LogP) is 5.50. The molecule has 0 aromatic heterocycles. The van der Waals surface area contributed by atoms with Crippen LogP contribution in [0.15, 0.2) is 11.1 Å². The number of epoxide rings is 1. The van der Waals surface area contributed by atoms with Crippen LogP contribution in [0, 0.1) is 28.6 Å². The highest BCUT2D eigenvalue weighted by Gasteiger charge is 2.59. The Kier molecular flexibility index (Phi) is 2.69. The van der Waals surface area contributed by atoms with E-state index >= 15 is 0 Å². The molecule has 5 atom stereocenters. The molecule has 1 heteroatoms. The normalized spacial score (nSPS) is 52.2. The zero-order valence-corrected chi connectivity index (χ0v) is 14.7. The minimum Gasteiger partial charge on any atom is -0.370 e. The molecule has 0 aromatic carbocycles. The molecule has 1 saturated heterocycles. The maximum atomic E-state index is 5.85. The first kappa shape index (κ1) is 14.1. The van der Waals surface area contributed by atoms with Crippen molar-refractivity contribution in [2.45, 2.75) is 84.2 Å². The SMILES string of the molecule is CC1(C)CCC2=C1CCC1C2CCC2CC3(CCC21C)CO3. The van der Waals surface area contributed by atoms with Crippen molar-refractivity contribution in [2.24, 2.45) is 28.6 Å². The summed E-state index contributed by atoms with van der Waals surface area (Å²) in [6.07, 6.45) is 12.8. The molecule has 122 valence electrons. The summed E-state index contributed by atoms with van der Waals surface area (Å²) in [4.78, 5) is 0. The van der Waals surface area contributed by atoms with Crippen LogP contribution < -0.4 is 0 Å². The molecular weight excluding hydrogens is 268 g/mol. The third-order valence-electron chi connectivity index (χ3n) is 8.76. The van der Waals surface area contributed by atoms with E-state index in [1.807, 2.05) is 11.1 Å². The number of hydrogen-bond acceptors (Lipinski definition) is 1. The lowest BCUT2D eigenvalue weighted by molar-refractivity contribution is -0.0547. The number of rotatable bonds is 0. The molecule has 0 radical (unpaired) electrons. The van der Waals surface area contributed by atoms with Gasteiger partial charge in [0.25, 0.3) is 0 Å². The van der Waals surface area contributed by atoms with Crippen LogP contribution >= 0.6 is 0 Å². The van der Waals surface area contributed by atoms with Gasteiger partial charge in [0.2, 0.25) is 0 Å². The number of ether oxygens (including phenoxy) is 1. The van der Waals surface area contributed by atoms with E-state index in [1.54, 1.807) is 0 Å². The van der Waals surface area contributed by atoms with Gasteiger partial charge in [-0.15, -0.1) is 0 Å². The fourth-order valence-electron chi connectivity index (χ4n) is 7.15. The molecule has 5 unspecified atom stereocenters. The van der Waals surface area contributed by atoms with Gasteiger partial charge in [0, 0.05) is 0 Å². The molecule has 1 heterocycles. The molecule has 0 aromatic rings. The van der Waals surface area contributed by atoms with Gasteiger partial charge in [-0.1, -0.05) is 31.9 Å². The monoisotopic (exact) mass is 300 g/mol. The van der Waals surface area contributed by atoms with Gasteiger partial charge in [-0.3, -0.25) is 0 Å². The Morgan fingerprint density at radius 3 is 2.55 bits per heavy atom. The summed E-state index contributed by atoms with van der Waals surface area (Å²) in [5.41, 5.74) is 5.30. The lowest BCUT2D eigenvalue weighted by Gasteiger charge is -2.57. The molecular formula is C21H32O. The van der Waals surface area contributed by atoms with Crippen molar-refractivity contribution in [2.75, 3.05) is 6.61 Å². The van der Waals surface area contributed by atoms with Crippen molar-refractivity contribution >= 4 is 0 Å². The van der Waals surface area contributed by atoms with Crippen LogP contribution in [0.3, 0.4) is 0 Å². The Morgan fingerprint density at radius 1 is 0.955 bits per heavy atom. The van der Waals surface area contributed by atoms with Gasteiger partial charge in [0.05, 0.1) is 12.2 Å². The smallest absolute Gasteiger partial charge is 0.0919 e. The molecule has 3 fully saturated rings. The molecule has 1 aliphatic heterocycles. The van der Waals surface area contributed by atoms with Crippen LogP contribution in [0.25, 0.3) is 0 Å². The number of fused-ring (bicyclic) bond motifs is 4. The van der Waals surface area contributed by atoms with E-state index in [-0.39, 0.29) is 0 Å². The second kappa shape index (κ2) is 4.21. The summed E-state index contributed by atoms with van der Waals surface area (Å²) < 4.78 is 5.85. The Labute approximate surface area is 135 Å². The molecule has 1 nitrogen and oxygen atoms in total. The molecule has 0 amide bonds. The van der Waals surface area contributed by atoms with Gasteiger partial charge < -0.3 is 4.74 Å². The second-order valence-electron chi connectivity index (χ2n) is 10.1. The quantitative estimate of drug-likeness (QED) is 0.425. The summed E-state index contributed by atoms with van der Waals surface area (Å²) in [6.45, 7) is 8.72. The second-order valence-corrected chi connectivity index (χ2v) is 10.1. The van der Waals surface area contributed by atoms with Crippen molar-refractivity contribution in [3.05, 3.63) is 11.1 Å². The fraction of sp³-hybridized carbons (Fsp3) is 0.905. The fourth-order valence-corrected chi connectivity index (χ4v) is 7.15. The Bertz CT molecular complexity index is 538. The standard InChI is InChI=1S/C21H32O/c1-19(2)9-8-16-15-5-4-14-12-21(13-22-21)11-10-20(14,3)18(15)7-6-17(16)19/h14-15,18H,4-13H2,1-3H3. The predicted molar refractivity (Wildman–Crippen MR) is 89.6 cm³/mol. The maximum absolute atomic E-state index is 5.85. The van der Waals surface area contributed by atoms with Crippen LogP contribution in [0.2, 0.25) is 0 Å². The van der Waals surface area contributed by atoms with Gasteiger partial charge >= 0.3 is 0 Å². The van der Waals surface area contributed by atoms with Crippen molar-refractivity contribution in [3.8, 4) is 0 Å². The summed E-state index contributed by atoms with van der Waals surface area (Å²) >= 11 is 0. The Balaban J connectivity index is 1.47. The van der Waals surface area contributed by atoms with Gasteiger partial charge in [0.15, 0.2) is 0 Å². The van der Waals surface area contributed by atoms with Gasteiger partial charge in [0.1, 0.15) is 0 Å². The van der Waals surface area contributed by atoms with E-state index in [0.717, 1.165) is 24.4 Å². The number of allylic oxidation sites excluding steroid dienone is 2. The molecule has 4 aliphatic carbocycles. The van der Waals surface area contributed by atoms with Crippen LogP contribution in [-0.2, 0) is 4.74 Å². The highest BCUT2D eigenvalue weighted by atomic mass is 16.6. The molecule has 1 spiro atoms. The van der Waals surface area contributed by atoms with Crippen LogP contribution in [0.1, 0.15) is 78.6 Å². The molecule has 0 bridgehead atoms. The minimum atomic E-state index is 0.353. The van der Waals surface area contributed by atoms with Gasteiger partial charge in [-0.25, -0.2) is 0 Å². The van der Waals surface area contributed by atoms with E-state index in [2.05, 4.69) is 20.8 Å². The van der Waals surface area contributed by atoms with Crippen molar-refractivity contribution in [3.63, 3.8) is 0 Å². The van der Waals surface area contributed by atoms with Gasteiger partial charge in [-0.2, -0.15) is 0 Å². The zero-order chi connectivity index (χ0) is 15.2. The van der Waals surface area contributed by atoms with E-state index in [1.165, 1.54) is 57.8 Å². The summed E-state index contributed by atoms with van der Waals surface area (Å²) in [5, 5.41) is 0. The van der Waals surface area contributed by atoms with E-state index < -0.39 is 0 Å². The highest BCUT2D eigenvalue weighted by molar-refractivity contribution is 5.33. The summed E-state index contributed by atoms with van der Waals surface area (Å²) in [6, 6.07) is 0. The van der Waals surface area contributed by atoms with Crippen LogP contribution in [-0.4, -0.2) is 12.2 Å². The summed E-state index contributed by atoms with van der Waals surface area (Å²) in [7, 11) is 0. The highest BCUT2D eigenvalue weighted by Crippen LogP contribution is 2.65. The minimum absolute atomic E-state index is 0.353. The van der Waals surface area contributed by atoms with Crippen LogP contribution in [0.4, 0.5) is 0 Å². The molecule has 0 N–H and O–H groups in total. The zero-order valence-electron chi connectivity index (χ0n) is 14.7. The first-order valence-corrected chi connectivity index (χ1v) is 9.80. The van der Waals surface area contributed by atoms with Crippen LogP contribution in [0.5, 0.6) is 0 Å². The molecule has 2 saturated carbocycles. The third-order valence-corrected chi connectivity index (χ3v) is 8.76. The average molecular weight is 300 g/mol. The molecule has 5 rings (SSSR count). The topological polar surface area (TPSA) is 12.5 Å². The largest absolute Gasteiger partial charge is 0.370 e. The van der Waals surface area contributed by atoms with E-state index in [0.29, 0.717) is 16.4 Å². The first-order valence-electron chi connectivity index (χ1n) is 9.80. The lowest BCUT2D eigenvalue weighted by Crippen LogP contribution is -2.50. The Morgan fingerprint density at radius 2 is 1.77 bits per heavy atom. The summed E-state index contributed by atoms with van der Waals surface area (Å²) in [5.74, 6) is 2.87. The van der Waals surface area contributed by atoms with Crippen molar-refractivity contribution in [1.82, 2.24) is 0 Å². The lowest BCUT2D eigenvalue weighted by atomic mass is 9.48. The number of hydrogen-bond donors (Lipinski definition) is 0. The Hall–Kier alpha value is -0.300. The average Bonchev–Trinajstić information content (AvgIpc) is 3.17. The first-order chi connectivity index (χ1) is 10.4. The van der Waals surface area contributed by atoms with Crippen molar-refractivity contribution < 1.29 is 4.74 Å². The van der Waals surface area contributed by atoms with Gasteiger partial charge in [-0.05, 0) is 86.4 Å². The molecule has 22 heavy (non-hydrogen) atoms. The van der Waals surface area contributed by atoms with Crippen molar-refractivity contribution in [1.29, 1.82) is 0 Å². The maximum Gasteiger partial charge on any atom is 0.0919 e. The third kappa shape index (κ3) is 1.75. The van der Waals surface area contributed by atoms with E-state index in [9.17, 15) is 0 Å². The molecule has 5 aliphatic rings. The van der Waals surface area contributed by atoms with E-state index in [4.69, 9.17) is 4.74 Å².